The Hall–Kier alpha value is -1.47. The van der Waals surface area contributed by atoms with Crippen LogP contribution in [0.25, 0.3) is 0 Å². The Morgan fingerprint density at radius 2 is 2.26 bits per heavy atom. The molecule has 0 spiro atoms. The Labute approximate surface area is 111 Å². The molecule has 3 N–H and O–H groups in total. The van der Waals surface area contributed by atoms with E-state index in [4.69, 9.17) is 15.4 Å². The molecular weight excluding hydrogens is 248 g/mol. The van der Waals surface area contributed by atoms with E-state index < -0.39 is 11.5 Å². The van der Waals surface area contributed by atoms with Gasteiger partial charge in [-0.05, 0) is 6.42 Å². The van der Waals surface area contributed by atoms with E-state index >= 15 is 0 Å². The summed E-state index contributed by atoms with van der Waals surface area (Å²) in [5.74, 6) is 0.189. The quantitative estimate of drug-likeness (QED) is 0.815. The molecule has 1 fully saturated rings. The number of carboxylic acid groups (broad SMARTS) is 1. The number of carbonyl (C=O) groups is 1. The highest BCUT2D eigenvalue weighted by molar-refractivity contribution is 5.79. The first-order chi connectivity index (χ1) is 8.71. The van der Waals surface area contributed by atoms with Crippen molar-refractivity contribution in [3.8, 4) is 0 Å². The molecule has 1 unspecified atom stereocenters. The van der Waals surface area contributed by atoms with Crippen molar-refractivity contribution in [2.45, 2.75) is 44.7 Å². The number of rotatable bonds is 3. The van der Waals surface area contributed by atoms with Crippen LogP contribution in [0.2, 0.25) is 0 Å². The molecule has 7 heteroatoms. The Bertz CT molecular complexity index is 480. The van der Waals surface area contributed by atoms with Crippen LogP contribution in [0.4, 0.5) is 0 Å². The summed E-state index contributed by atoms with van der Waals surface area (Å²) >= 11 is 0. The highest BCUT2D eigenvalue weighted by Gasteiger charge is 2.41. The van der Waals surface area contributed by atoms with Gasteiger partial charge in [0.1, 0.15) is 5.54 Å². The van der Waals surface area contributed by atoms with Gasteiger partial charge in [-0.15, -0.1) is 0 Å². The van der Waals surface area contributed by atoms with Crippen LogP contribution in [0.5, 0.6) is 0 Å². The molecule has 0 amide bonds. The number of aliphatic carboxylic acids is 1. The highest BCUT2D eigenvalue weighted by atomic mass is 16.5. The molecule has 1 aromatic heterocycles. The maximum Gasteiger partial charge on any atom is 0.325 e. The maximum absolute atomic E-state index is 11.1. The van der Waals surface area contributed by atoms with Crippen LogP contribution in [-0.2, 0) is 16.8 Å². The zero-order valence-corrected chi connectivity index (χ0v) is 11.5. The molecule has 1 saturated heterocycles. The lowest BCUT2D eigenvalue weighted by molar-refractivity contribution is -0.142. The topological polar surface area (TPSA) is 105 Å². The summed E-state index contributed by atoms with van der Waals surface area (Å²) in [7, 11) is 0. The van der Waals surface area contributed by atoms with E-state index in [1.165, 1.54) is 0 Å². The van der Waals surface area contributed by atoms with Crippen molar-refractivity contribution in [1.82, 2.24) is 15.0 Å². The summed E-state index contributed by atoms with van der Waals surface area (Å²) < 4.78 is 5.19. The van der Waals surface area contributed by atoms with Crippen molar-refractivity contribution in [2.24, 2.45) is 5.73 Å². The van der Waals surface area contributed by atoms with E-state index in [9.17, 15) is 4.79 Å². The third-order valence-corrected chi connectivity index (χ3v) is 3.30. The van der Waals surface area contributed by atoms with Crippen LogP contribution in [0.15, 0.2) is 4.52 Å². The van der Waals surface area contributed by atoms with E-state index in [1.807, 2.05) is 25.7 Å². The van der Waals surface area contributed by atoms with Crippen molar-refractivity contribution >= 4 is 5.97 Å². The van der Waals surface area contributed by atoms with Gasteiger partial charge in [-0.2, -0.15) is 4.98 Å². The van der Waals surface area contributed by atoms with Gasteiger partial charge < -0.3 is 15.4 Å². The summed E-state index contributed by atoms with van der Waals surface area (Å²) in [6, 6.07) is 0. The minimum absolute atomic E-state index is 0.161. The molecule has 1 atom stereocenters. The maximum atomic E-state index is 11.1. The van der Waals surface area contributed by atoms with Crippen molar-refractivity contribution in [3.63, 3.8) is 0 Å². The average Bonchev–Trinajstić information content (AvgIpc) is 2.86. The lowest BCUT2D eigenvalue weighted by Crippen LogP contribution is -2.50. The van der Waals surface area contributed by atoms with Crippen LogP contribution in [-0.4, -0.2) is 44.7 Å². The normalized spacial score (nSPS) is 24.8. The van der Waals surface area contributed by atoms with E-state index in [1.54, 1.807) is 0 Å². The number of hydrogen-bond donors (Lipinski definition) is 2. The predicted octanol–water partition coefficient (Wildman–Crippen LogP) is 0.355. The molecule has 0 aliphatic carbocycles. The number of nitrogens with zero attached hydrogens (tertiary/aromatic N) is 3. The molecule has 106 valence electrons. The molecule has 1 aromatic rings. The number of likely N-dealkylation sites (tertiary alicyclic amines) is 1. The van der Waals surface area contributed by atoms with Crippen molar-refractivity contribution < 1.29 is 14.4 Å². The largest absolute Gasteiger partial charge is 0.480 e. The fourth-order valence-corrected chi connectivity index (χ4v) is 2.04. The van der Waals surface area contributed by atoms with Crippen LogP contribution in [0, 0.1) is 0 Å². The molecule has 7 nitrogen and oxygen atoms in total. The third kappa shape index (κ3) is 2.93. The standard InChI is InChI=1S/C12H20N4O3/c1-11(2,3)9-14-8(19-15-9)6-16-5-4-12(13,7-16)10(17)18/h4-7,13H2,1-3H3,(H,17,18). The van der Waals surface area contributed by atoms with Gasteiger partial charge in [0.2, 0.25) is 5.89 Å². The second kappa shape index (κ2) is 4.57. The van der Waals surface area contributed by atoms with Crippen LogP contribution < -0.4 is 5.73 Å². The van der Waals surface area contributed by atoms with Gasteiger partial charge in [-0.3, -0.25) is 9.69 Å². The minimum Gasteiger partial charge on any atom is -0.480 e. The number of aromatic nitrogens is 2. The van der Waals surface area contributed by atoms with E-state index in [0.717, 1.165) is 0 Å². The first-order valence-electron chi connectivity index (χ1n) is 6.28. The van der Waals surface area contributed by atoms with Gasteiger partial charge in [0.25, 0.3) is 0 Å². The lowest BCUT2D eigenvalue weighted by atomic mass is 9.96. The third-order valence-electron chi connectivity index (χ3n) is 3.30. The average molecular weight is 268 g/mol. The SMILES string of the molecule is CC(C)(C)c1noc(CN2CCC(N)(C(=O)O)C2)n1. The zero-order valence-electron chi connectivity index (χ0n) is 11.5. The summed E-state index contributed by atoms with van der Waals surface area (Å²) in [6.07, 6.45) is 0.433. The summed E-state index contributed by atoms with van der Waals surface area (Å²) in [5, 5.41) is 13.0. The summed E-state index contributed by atoms with van der Waals surface area (Å²) in [5.41, 5.74) is 4.49. The van der Waals surface area contributed by atoms with Crippen molar-refractivity contribution in [3.05, 3.63) is 11.7 Å². The second-order valence-electron chi connectivity index (χ2n) is 6.18. The number of nitrogens with two attached hydrogens (primary N) is 1. The molecule has 1 aliphatic rings. The van der Waals surface area contributed by atoms with Gasteiger partial charge in [-0.25, -0.2) is 0 Å². The van der Waals surface area contributed by atoms with Gasteiger partial charge in [0.15, 0.2) is 5.82 Å². The second-order valence-corrected chi connectivity index (χ2v) is 6.18. The lowest BCUT2D eigenvalue weighted by Gasteiger charge is -2.18. The van der Waals surface area contributed by atoms with Gasteiger partial charge in [0.05, 0.1) is 6.54 Å². The Balaban J connectivity index is 2.00. The molecule has 0 saturated carbocycles. The Morgan fingerprint density at radius 1 is 1.58 bits per heavy atom. The molecule has 0 aromatic carbocycles. The molecule has 2 rings (SSSR count). The van der Waals surface area contributed by atoms with E-state index in [0.29, 0.717) is 37.8 Å². The Kier molecular flexibility index (Phi) is 3.36. The molecular formula is C12H20N4O3. The molecule has 0 bridgehead atoms. The fourth-order valence-electron chi connectivity index (χ4n) is 2.04. The Morgan fingerprint density at radius 3 is 2.74 bits per heavy atom. The van der Waals surface area contributed by atoms with Gasteiger partial charge >= 0.3 is 5.97 Å². The highest BCUT2D eigenvalue weighted by Crippen LogP contribution is 2.22. The van der Waals surface area contributed by atoms with Crippen molar-refractivity contribution in [2.75, 3.05) is 13.1 Å². The molecule has 1 aliphatic heterocycles. The minimum atomic E-state index is -1.16. The van der Waals surface area contributed by atoms with Crippen LogP contribution >= 0.6 is 0 Å². The van der Waals surface area contributed by atoms with Gasteiger partial charge in [0, 0.05) is 18.5 Å². The molecule has 2 heterocycles. The van der Waals surface area contributed by atoms with Gasteiger partial charge in [-0.1, -0.05) is 25.9 Å². The smallest absolute Gasteiger partial charge is 0.325 e. The molecule has 19 heavy (non-hydrogen) atoms. The van der Waals surface area contributed by atoms with E-state index in [-0.39, 0.29) is 5.41 Å². The summed E-state index contributed by atoms with van der Waals surface area (Å²) in [6.45, 7) is 7.38. The summed E-state index contributed by atoms with van der Waals surface area (Å²) in [4.78, 5) is 17.3. The number of carboxylic acids is 1. The first kappa shape index (κ1) is 14.0. The fraction of sp³-hybridized carbons (Fsp3) is 0.750. The van der Waals surface area contributed by atoms with Crippen LogP contribution in [0.1, 0.15) is 38.9 Å². The zero-order chi connectivity index (χ0) is 14.3. The predicted molar refractivity (Wildman–Crippen MR) is 67.4 cm³/mol. The van der Waals surface area contributed by atoms with E-state index in [2.05, 4.69) is 10.1 Å². The first-order valence-corrected chi connectivity index (χ1v) is 6.28. The van der Waals surface area contributed by atoms with Crippen molar-refractivity contribution in [1.29, 1.82) is 0 Å². The molecule has 0 radical (unpaired) electrons. The van der Waals surface area contributed by atoms with Crippen LogP contribution in [0.3, 0.4) is 0 Å². The number of hydrogen-bond acceptors (Lipinski definition) is 6. The monoisotopic (exact) mass is 268 g/mol.